The Morgan fingerprint density at radius 2 is 2.29 bits per heavy atom. The van der Waals surface area contributed by atoms with Crippen LogP contribution in [0.15, 0.2) is 16.0 Å². The van der Waals surface area contributed by atoms with E-state index < -0.39 is 0 Å². The monoisotopic (exact) mass is 212 g/mol. The summed E-state index contributed by atoms with van der Waals surface area (Å²) >= 11 is 1.62. The van der Waals surface area contributed by atoms with Crippen molar-refractivity contribution in [2.45, 2.75) is 44.0 Å². The normalized spacial score (nSPS) is 12.8. The van der Waals surface area contributed by atoms with Crippen molar-refractivity contribution in [3.05, 3.63) is 22.1 Å². The minimum absolute atomic E-state index is 0.0531. The van der Waals surface area contributed by atoms with Crippen LogP contribution in [0.4, 0.5) is 0 Å². The van der Waals surface area contributed by atoms with E-state index in [0.29, 0.717) is 5.25 Å². The van der Waals surface area contributed by atoms with Crippen molar-refractivity contribution in [2.24, 2.45) is 0 Å². The van der Waals surface area contributed by atoms with Gasteiger partial charge < -0.3 is 4.98 Å². The Hall–Kier alpha value is -0.770. The van der Waals surface area contributed by atoms with E-state index in [2.05, 4.69) is 23.8 Å². The maximum Gasteiger partial charge on any atom is 0.251 e. The number of H-pyrrole nitrogens is 1. The third-order valence-electron chi connectivity index (χ3n) is 2.02. The first kappa shape index (κ1) is 11.3. The molecule has 1 atom stereocenters. The van der Waals surface area contributed by atoms with E-state index in [-0.39, 0.29) is 5.56 Å². The predicted octanol–water partition coefficient (Wildman–Crippen LogP) is 2.22. The van der Waals surface area contributed by atoms with E-state index in [9.17, 15) is 4.79 Å². The molecule has 0 saturated heterocycles. The van der Waals surface area contributed by atoms with Gasteiger partial charge in [-0.1, -0.05) is 32.5 Å². The first-order valence-corrected chi connectivity index (χ1v) is 5.80. The molecule has 1 rings (SSSR count). The zero-order valence-electron chi connectivity index (χ0n) is 8.83. The second-order valence-corrected chi connectivity index (χ2v) is 4.66. The van der Waals surface area contributed by atoms with Crippen molar-refractivity contribution in [3.63, 3.8) is 0 Å². The Bertz CT molecular complexity index is 348. The summed E-state index contributed by atoms with van der Waals surface area (Å²) in [6.07, 6.45) is 1.88. The summed E-state index contributed by atoms with van der Waals surface area (Å²) in [7, 11) is 0. The van der Waals surface area contributed by atoms with Crippen molar-refractivity contribution in [1.82, 2.24) is 9.97 Å². The number of nitrogens with zero attached hydrogens (tertiary/aromatic N) is 1. The molecule has 0 aliphatic carbocycles. The Morgan fingerprint density at radius 3 is 2.86 bits per heavy atom. The molecule has 0 radical (unpaired) electrons. The molecule has 1 aromatic heterocycles. The van der Waals surface area contributed by atoms with Gasteiger partial charge >= 0.3 is 0 Å². The molecule has 1 heterocycles. The Kier molecular flexibility index (Phi) is 4.20. The highest BCUT2D eigenvalue weighted by Gasteiger charge is 2.05. The van der Waals surface area contributed by atoms with Crippen LogP contribution in [0.5, 0.6) is 0 Å². The second kappa shape index (κ2) is 5.20. The summed E-state index contributed by atoms with van der Waals surface area (Å²) in [5.74, 6) is 0. The van der Waals surface area contributed by atoms with Gasteiger partial charge in [-0.15, -0.1) is 0 Å². The molecule has 4 heteroatoms. The number of rotatable bonds is 4. The molecule has 14 heavy (non-hydrogen) atoms. The zero-order chi connectivity index (χ0) is 10.6. The Balaban J connectivity index is 2.86. The SMILES string of the molecule is CCc1cc(=O)[nH]c(S[C@H](C)CC)n1. The van der Waals surface area contributed by atoms with Gasteiger partial charge in [-0.2, -0.15) is 0 Å². The van der Waals surface area contributed by atoms with Gasteiger partial charge in [0, 0.05) is 17.0 Å². The fourth-order valence-corrected chi connectivity index (χ4v) is 1.87. The van der Waals surface area contributed by atoms with E-state index >= 15 is 0 Å². The number of nitrogens with one attached hydrogen (secondary N) is 1. The Labute approximate surface area is 88.3 Å². The molecular weight excluding hydrogens is 196 g/mol. The number of thioether (sulfide) groups is 1. The highest BCUT2D eigenvalue weighted by molar-refractivity contribution is 7.99. The number of aromatic amines is 1. The molecule has 1 N–H and O–H groups in total. The van der Waals surface area contributed by atoms with Crippen LogP contribution in [0.1, 0.15) is 32.9 Å². The molecule has 0 aliphatic heterocycles. The third-order valence-corrected chi connectivity index (χ3v) is 3.18. The van der Waals surface area contributed by atoms with Crippen LogP contribution in [0.2, 0.25) is 0 Å². The van der Waals surface area contributed by atoms with Crippen molar-refractivity contribution in [3.8, 4) is 0 Å². The molecule has 0 saturated carbocycles. The summed E-state index contributed by atoms with van der Waals surface area (Å²) in [4.78, 5) is 18.3. The lowest BCUT2D eigenvalue weighted by Crippen LogP contribution is -2.10. The summed E-state index contributed by atoms with van der Waals surface area (Å²) in [5, 5.41) is 1.23. The maximum atomic E-state index is 11.2. The van der Waals surface area contributed by atoms with Gasteiger partial charge in [0.15, 0.2) is 5.16 Å². The van der Waals surface area contributed by atoms with Gasteiger partial charge in [-0.25, -0.2) is 4.98 Å². The van der Waals surface area contributed by atoms with Crippen molar-refractivity contribution < 1.29 is 0 Å². The quantitative estimate of drug-likeness (QED) is 0.615. The van der Waals surface area contributed by atoms with Crippen molar-refractivity contribution in [2.75, 3.05) is 0 Å². The lowest BCUT2D eigenvalue weighted by Gasteiger charge is -2.07. The van der Waals surface area contributed by atoms with E-state index in [4.69, 9.17) is 0 Å². The average molecular weight is 212 g/mol. The third kappa shape index (κ3) is 3.18. The topological polar surface area (TPSA) is 45.8 Å². The first-order chi connectivity index (χ1) is 6.65. The van der Waals surface area contributed by atoms with E-state index in [1.165, 1.54) is 0 Å². The molecule has 0 fully saturated rings. The zero-order valence-corrected chi connectivity index (χ0v) is 9.65. The number of hydrogen-bond acceptors (Lipinski definition) is 3. The summed E-state index contributed by atoms with van der Waals surface area (Å²) < 4.78 is 0. The van der Waals surface area contributed by atoms with Crippen LogP contribution in [0.3, 0.4) is 0 Å². The molecule has 0 aromatic carbocycles. The lowest BCUT2D eigenvalue weighted by atomic mass is 10.3. The van der Waals surface area contributed by atoms with Crippen LogP contribution in [0, 0.1) is 0 Å². The summed E-state index contributed by atoms with van der Waals surface area (Å²) in [5.41, 5.74) is 0.808. The average Bonchev–Trinajstić information content (AvgIpc) is 2.16. The largest absolute Gasteiger partial charge is 0.301 e. The van der Waals surface area contributed by atoms with Crippen LogP contribution in [-0.4, -0.2) is 15.2 Å². The van der Waals surface area contributed by atoms with Crippen LogP contribution in [0.25, 0.3) is 0 Å². The van der Waals surface area contributed by atoms with Crippen LogP contribution < -0.4 is 5.56 Å². The molecule has 0 unspecified atom stereocenters. The minimum Gasteiger partial charge on any atom is -0.301 e. The number of aryl methyl sites for hydroxylation is 1. The highest BCUT2D eigenvalue weighted by Crippen LogP contribution is 2.20. The van der Waals surface area contributed by atoms with Crippen molar-refractivity contribution >= 4 is 11.8 Å². The smallest absolute Gasteiger partial charge is 0.251 e. The van der Waals surface area contributed by atoms with E-state index in [1.54, 1.807) is 17.8 Å². The van der Waals surface area contributed by atoms with Gasteiger partial charge in [-0.05, 0) is 12.8 Å². The molecule has 0 spiro atoms. The molecule has 0 bridgehead atoms. The van der Waals surface area contributed by atoms with E-state index in [0.717, 1.165) is 23.7 Å². The highest BCUT2D eigenvalue weighted by atomic mass is 32.2. The molecule has 3 nitrogen and oxygen atoms in total. The van der Waals surface area contributed by atoms with Crippen LogP contribution >= 0.6 is 11.8 Å². The standard InChI is InChI=1S/C10H16N2OS/c1-4-7(3)14-10-11-8(5-2)6-9(13)12-10/h6-7H,4-5H2,1-3H3,(H,11,12,13)/t7-/m1/s1. The van der Waals surface area contributed by atoms with Gasteiger partial charge in [0.05, 0.1) is 0 Å². The predicted molar refractivity (Wildman–Crippen MR) is 59.8 cm³/mol. The molecule has 0 aliphatic rings. The maximum absolute atomic E-state index is 11.2. The minimum atomic E-state index is -0.0531. The van der Waals surface area contributed by atoms with E-state index in [1.807, 2.05) is 6.92 Å². The Morgan fingerprint density at radius 1 is 1.57 bits per heavy atom. The fourth-order valence-electron chi connectivity index (χ4n) is 0.994. The first-order valence-electron chi connectivity index (χ1n) is 4.92. The number of aromatic nitrogens is 2. The van der Waals surface area contributed by atoms with Gasteiger partial charge in [0.25, 0.3) is 5.56 Å². The molecule has 0 amide bonds. The molecule has 1 aromatic rings. The lowest BCUT2D eigenvalue weighted by molar-refractivity contribution is 0.847. The molecule has 78 valence electrons. The fraction of sp³-hybridized carbons (Fsp3) is 0.600. The summed E-state index contributed by atoms with van der Waals surface area (Å²) in [6, 6.07) is 1.56. The summed E-state index contributed by atoms with van der Waals surface area (Å²) in [6.45, 7) is 6.25. The van der Waals surface area contributed by atoms with Crippen molar-refractivity contribution in [1.29, 1.82) is 0 Å². The van der Waals surface area contributed by atoms with Gasteiger partial charge in [0.2, 0.25) is 0 Å². The number of hydrogen-bond donors (Lipinski definition) is 1. The van der Waals surface area contributed by atoms with Gasteiger partial charge in [0.1, 0.15) is 0 Å². The van der Waals surface area contributed by atoms with Gasteiger partial charge in [-0.3, -0.25) is 4.79 Å². The van der Waals surface area contributed by atoms with Crippen LogP contribution in [-0.2, 0) is 6.42 Å². The second-order valence-electron chi connectivity index (χ2n) is 3.23. The molecular formula is C10H16N2OS.